The molecule has 0 aliphatic heterocycles. The summed E-state index contributed by atoms with van der Waals surface area (Å²) in [6, 6.07) is 0. The van der Waals surface area contributed by atoms with Crippen LogP contribution in [0.4, 0.5) is 0 Å². The van der Waals surface area contributed by atoms with Crippen molar-refractivity contribution in [3.05, 3.63) is 12.2 Å². The maximum atomic E-state index is 12.0. The fourth-order valence-corrected chi connectivity index (χ4v) is 3.66. The zero-order valence-electron chi connectivity index (χ0n) is 11.8. The van der Waals surface area contributed by atoms with Crippen molar-refractivity contribution in [1.82, 2.24) is 5.32 Å². The third kappa shape index (κ3) is 4.83. The van der Waals surface area contributed by atoms with E-state index in [4.69, 9.17) is 11.6 Å². The molecule has 0 aromatic carbocycles. The molecule has 1 N–H and O–H groups in total. The Bertz CT molecular complexity index is 323. The van der Waals surface area contributed by atoms with Gasteiger partial charge in [-0.25, -0.2) is 0 Å². The summed E-state index contributed by atoms with van der Waals surface area (Å²) in [6.07, 6.45) is 10.1. The van der Waals surface area contributed by atoms with Gasteiger partial charge in [-0.05, 0) is 43.9 Å². The van der Waals surface area contributed by atoms with E-state index in [0.29, 0.717) is 18.3 Å². The molecule has 2 fully saturated rings. The lowest BCUT2D eigenvalue weighted by molar-refractivity contribution is -0.122. The van der Waals surface area contributed by atoms with Crippen LogP contribution in [-0.2, 0) is 4.79 Å². The third-order valence-electron chi connectivity index (χ3n) is 4.63. The smallest absolute Gasteiger partial charge is 0.220 e. The van der Waals surface area contributed by atoms with Crippen molar-refractivity contribution in [2.75, 3.05) is 6.54 Å². The lowest BCUT2D eigenvalue weighted by atomic mass is 9.82. The maximum absolute atomic E-state index is 12.0. The number of hydrogen-bond acceptors (Lipinski definition) is 1. The van der Waals surface area contributed by atoms with Gasteiger partial charge in [0.25, 0.3) is 0 Å². The second-order valence-corrected chi connectivity index (χ2v) is 6.86. The van der Waals surface area contributed by atoms with E-state index in [9.17, 15) is 4.79 Å². The summed E-state index contributed by atoms with van der Waals surface area (Å²) in [7, 11) is 0. The van der Waals surface area contributed by atoms with Crippen LogP contribution in [0.15, 0.2) is 12.2 Å². The molecule has 2 aliphatic rings. The predicted molar refractivity (Wildman–Crippen MR) is 80.3 cm³/mol. The van der Waals surface area contributed by atoms with Crippen LogP contribution in [0.1, 0.15) is 57.8 Å². The molecule has 2 nitrogen and oxygen atoms in total. The average Bonchev–Trinajstić information content (AvgIpc) is 2.41. The van der Waals surface area contributed by atoms with Crippen molar-refractivity contribution in [3.8, 4) is 0 Å². The van der Waals surface area contributed by atoms with Gasteiger partial charge in [-0.15, -0.1) is 11.6 Å². The molecule has 108 valence electrons. The highest BCUT2D eigenvalue weighted by molar-refractivity contribution is 6.20. The minimum atomic E-state index is 0.199. The number of amides is 1. The van der Waals surface area contributed by atoms with E-state index >= 15 is 0 Å². The molecule has 2 aliphatic carbocycles. The van der Waals surface area contributed by atoms with Crippen molar-refractivity contribution in [1.29, 1.82) is 0 Å². The topological polar surface area (TPSA) is 29.1 Å². The van der Waals surface area contributed by atoms with Crippen molar-refractivity contribution >= 4 is 17.5 Å². The molecule has 0 spiro atoms. The zero-order valence-corrected chi connectivity index (χ0v) is 12.6. The third-order valence-corrected chi connectivity index (χ3v) is 5.01. The molecular formula is C16H26ClNO. The molecule has 3 heteroatoms. The molecular weight excluding hydrogens is 258 g/mol. The Morgan fingerprint density at radius 2 is 1.95 bits per heavy atom. The molecule has 0 radical (unpaired) electrons. The maximum Gasteiger partial charge on any atom is 0.220 e. The van der Waals surface area contributed by atoms with Gasteiger partial charge in [0.1, 0.15) is 0 Å². The highest BCUT2D eigenvalue weighted by Gasteiger charge is 2.25. The highest BCUT2D eigenvalue weighted by atomic mass is 35.5. The van der Waals surface area contributed by atoms with E-state index in [0.717, 1.165) is 25.8 Å². The van der Waals surface area contributed by atoms with Gasteiger partial charge in [-0.3, -0.25) is 4.79 Å². The van der Waals surface area contributed by atoms with Gasteiger partial charge < -0.3 is 5.32 Å². The van der Waals surface area contributed by atoms with Crippen molar-refractivity contribution < 1.29 is 4.79 Å². The van der Waals surface area contributed by atoms with Gasteiger partial charge in [0, 0.05) is 18.3 Å². The first-order valence-corrected chi connectivity index (χ1v) is 8.17. The second-order valence-electron chi connectivity index (χ2n) is 6.25. The SMILES string of the molecule is C=C1CC(Cl)CCC1CC(=O)NCC1CCCCC1. The van der Waals surface area contributed by atoms with Crippen LogP contribution in [0, 0.1) is 11.8 Å². The molecule has 1 amide bonds. The minimum Gasteiger partial charge on any atom is -0.356 e. The van der Waals surface area contributed by atoms with Gasteiger partial charge in [-0.1, -0.05) is 31.4 Å². The number of rotatable bonds is 4. The minimum absolute atomic E-state index is 0.199. The molecule has 2 unspecified atom stereocenters. The lowest BCUT2D eigenvalue weighted by Crippen LogP contribution is -2.32. The van der Waals surface area contributed by atoms with E-state index in [1.54, 1.807) is 0 Å². The Labute approximate surface area is 122 Å². The molecule has 0 heterocycles. The Kier molecular flexibility index (Phi) is 5.75. The van der Waals surface area contributed by atoms with Crippen LogP contribution in [-0.4, -0.2) is 17.8 Å². The van der Waals surface area contributed by atoms with Crippen LogP contribution in [0.3, 0.4) is 0 Å². The Hall–Kier alpha value is -0.500. The normalized spacial score (nSPS) is 29.2. The quantitative estimate of drug-likeness (QED) is 0.612. The number of carbonyl (C=O) groups excluding carboxylic acids is 1. The second kappa shape index (κ2) is 7.33. The molecule has 0 saturated heterocycles. The first kappa shape index (κ1) is 14.9. The van der Waals surface area contributed by atoms with E-state index in [2.05, 4.69) is 11.9 Å². The van der Waals surface area contributed by atoms with Crippen LogP contribution in [0.25, 0.3) is 0 Å². The number of halogens is 1. The Morgan fingerprint density at radius 3 is 2.63 bits per heavy atom. The summed E-state index contributed by atoms with van der Waals surface area (Å²) in [4.78, 5) is 12.0. The van der Waals surface area contributed by atoms with E-state index in [1.807, 2.05) is 0 Å². The summed E-state index contributed by atoms with van der Waals surface area (Å²) in [5.74, 6) is 1.26. The van der Waals surface area contributed by atoms with Crippen molar-refractivity contribution in [2.24, 2.45) is 11.8 Å². The summed E-state index contributed by atoms with van der Waals surface area (Å²) in [5, 5.41) is 3.35. The average molecular weight is 284 g/mol. The summed E-state index contributed by atoms with van der Waals surface area (Å²) in [6.45, 7) is 4.96. The van der Waals surface area contributed by atoms with Gasteiger partial charge in [-0.2, -0.15) is 0 Å². The first-order valence-electron chi connectivity index (χ1n) is 7.73. The molecule has 0 aromatic rings. The fraction of sp³-hybridized carbons (Fsp3) is 0.812. The number of hydrogen-bond donors (Lipinski definition) is 1. The molecule has 2 atom stereocenters. The monoisotopic (exact) mass is 283 g/mol. The van der Waals surface area contributed by atoms with Gasteiger partial charge in [0.15, 0.2) is 0 Å². The van der Waals surface area contributed by atoms with Gasteiger partial charge in [0.2, 0.25) is 5.91 Å². The molecule has 2 saturated carbocycles. The lowest BCUT2D eigenvalue weighted by Gasteiger charge is -2.27. The number of alkyl halides is 1. The van der Waals surface area contributed by atoms with Gasteiger partial charge in [0.05, 0.1) is 0 Å². The van der Waals surface area contributed by atoms with Crippen molar-refractivity contribution in [3.63, 3.8) is 0 Å². The summed E-state index contributed by atoms with van der Waals surface area (Å²) in [5.41, 5.74) is 1.17. The van der Waals surface area contributed by atoms with E-state index < -0.39 is 0 Å². The van der Waals surface area contributed by atoms with Crippen LogP contribution in [0.2, 0.25) is 0 Å². The zero-order chi connectivity index (χ0) is 13.7. The number of carbonyl (C=O) groups is 1. The van der Waals surface area contributed by atoms with Crippen molar-refractivity contribution in [2.45, 2.75) is 63.2 Å². The Morgan fingerprint density at radius 1 is 1.21 bits per heavy atom. The van der Waals surface area contributed by atoms with Crippen LogP contribution in [0.5, 0.6) is 0 Å². The first-order chi connectivity index (χ1) is 9.15. The molecule has 0 aromatic heterocycles. The fourth-order valence-electron chi connectivity index (χ4n) is 3.33. The van der Waals surface area contributed by atoms with E-state index in [1.165, 1.54) is 37.7 Å². The molecule has 19 heavy (non-hydrogen) atoms. The van der Waals surface area contributed by atoms with Gasteiger partial charge >= 0.3 is 0 Å². The predicted octanol–water partition coefficient (Wildman–Crippen LogP) is 4.04. The number of nitrogens with one attached hydrogen (secondary N) is 1. The molecule has 0 bridgehead atoms. The van der Waals surface area contributed by atoms with Crippen LogP contribution < -0.4 is 5.32 Å². The molecule has 2 rings (SSSR count). The number of allylic oxidation sites excluding steroid dienone is 1. The highest BCUT2D eigenvalue weighted by Crippen LogP contribution is 2.33. The van der Waals surface area contributed by atoms with Crippen LogP contribution >= 0.6 is 11.6 Å². The standard InChI is InChI=1S/C16H26ClNO/c1-12-9-15(17)8-7-14(12)10-16(19)18-11-13-5-3-2-4-6-13/h13-15H,1-11H2,(H,18,19). The Balaban J connectivity index is 1.67. The van der Waals surface area contributed by atoms with E-state index in [-0.39, 0.29) is 11.3 Å². The summed E-state index contributed by atoms with van der Waals surface area (Å²) >= 11 is 6.11. The largest absolute Gasteiger partial charge is 0.356 e. The summed E-state index contributed by atoms with van der Waals surface area (Å²) < 4.78 is 0.